The Balaban J connectivity index is 2.15. The maximum Gasteiger partial charge on any atom is 0.254 e. The molecule has 2 amide bonds. The highest BCUT2D eigenvalue weighted by molar-refractivity contribution is 5.94. The van der Waals surface area contributed by atoms with Crippen LogP contribution >= 0.6 is 0 Å². The highest BCUT2D eigenvalue weighted by atomic mass is 19.2. The molecular weight excluding hydrogens is 285 g/mol. The quantitative estimate of drug-likeness (QED) is 0.742. The van der Waals surface area contributed by atoms with E-state index in [1.807, 2.05) is 0 Å². The summed E-state index contributed by atoms with van der Waals surface area (Å²) in [5.74, 6) is -5.02. The molecular formula is C14H15F3N2O2. The minimum absolute atomic E-state index is 0.0804. The lowest BCUT2D eigenvalue weighted by Gasteiger charge is -2.21. The fraction of sp³-hybridized carbons (Fsp3) is 0.429. The molecule has 0 saturated carbocycles. The molecule has 1 heterocycles. The lowest BCUT2D eigenvalue weighted by atomic mass is 10.1. The van der Waals surface area contributed by atoms with Gasteiger partial charge in [-0.05, 0) is 18.6 Å². The van der Waals surface area contributed by atoms with Crippen molar-refractivity contribution in [2.45, 2.75) is 13.3 Å². The van der Waals surface area contributed by atoms with Gasteiger partial charge in [0.05, 0.1) is 0 Å². The van der Waals surface area contributed by atoms with Crippen LogP contribution in [0.5, 0.6) is 0 Å². The first kappa shape index (κ1) is 15.3. The fourth-order valence-electron chi connectivity index (χ4n) is 2.30. The summed E-state index contributed by atoms with van der Waals surface area (Å²) >= 11 is 0. The summed E-state index contributed by atoms with van der Waals surface area (Å²) < 4.78 is 39.3. The van der Waals surface area contributed by atoms with Crippen molar-refractivity contribution in [2.24, 2.45) is 0 Å². The number of hydrogen-bond donors (Lipinski definition) is 0. The Morgan fingerprint density at radius 2 is 1.48 bits per heavy atom. The van der Waals surface area contributed by atoms with E-state index in [0.717, 1.165) is 0 Å². The van der Waals surface area contributed by atoms with Crippen molar-refractivity contribution in [3.05, 3.63) is 35.1 Å². The van der Waals surface area contributed by atoms with Crippen LogP contribution in [-0.2, 0) is 4.79 Å². The molecule has 0 radical (unpaired) electrons. The van der Waals surface area contributed by atoms with Crippen LogP contribution in [0.1, 0.15) is 23.7 Å². The molecule has 0 aliphatic carbocycles. The topological polar surface area (TPSA) is 40.6 Å². The zero-order valence-electron chi connectivity index (χ0n) is 11.5. The van der Waals surface area contributed by atoms with Crippen LogP contribution in [0, 0.1) is 17.5 Å². The Labute approximate surface area is 120 Å². The Morgan fingerprint density at radius 1 is 0.952 bits per heavy atom. The van der Waals surface area contributed by atoms with Gasteiger partial charge in [-0.2, -0.15) is 0 Å². The largest absolute Gasteiger partial charge is 0.341 e. The van der Waals surface area contributed by atoms with Crippen molar-refractivity contribution in [2.75, 3.05) is 26.2 Å². The highest BCUT2D eigenvalue weighted by Crippen LogP contribution is 2.16. The van der Waals surface area contributed by atoms with Crippen LogP contribution in [-0.4, -0.2) is 47.8 Å². The minimum Gasteiger partial charge on any atom is -0.341 e. The second kappa shape index (κ2) is 6.15. The van der Waals surface area contributed by atoms with Gasteiger partial charge in [0, 0.05) is 38.7 Å². The first-order valence-corrected chi connectivity index (χ1v) is 6.59. The third-order valence-electron chi connectivity index (χ3n) is 3.46. The summed E-state index contributed by atoms with van der Waals surface area (Å²) in [6.45, 7) is 3.00. The van der Waals surface area contributed by atoms with E-state index in [9.17, 15) is 22.8 Å². The number of nitrogens with zero attached hydrogens (tertiary/aromatic N) is 2. The predicted molar refractivity (Wildman–Crippen MR) is 69.1 cm³/mol. The van der Waals surface area contributed by atoms with E-state index in [0.29, 0.717) is 38.2 Å². The SMILES string of the molecule is CC(=O)N1CCCN(C(=O)c2cc(F)c(F)c(F)c2)CC1. The number of amides is 2. The second-order valence-corrected chi connectivity index (χ2v) is 4.91. The summed E-state index contributed by atoms with van der Waals surface area (Å²) in [5.41, 5.74) is -0.234. The molecule has 0 unspecified atom stereocenters. The normalized spacial score (nSPS) is 15.8. The van der Waals surface area contributed by atoms with Gasteiger partial charge in [0.2, 0.25) is 5.91 Å². The predicted octanol–water partition coefficient (Wildman–Crippen LogP) is 1.80. The molecule has 0 spiro atoms. The first-order valence-electron chi connectivity index (χ1n) is 6.59. The molecule has 1 aliphatic heterocycles. The van der Waals surface area contributed by atoms with E-state index in [-0.39, 0.29) is 18.0 Å². The van der Waals surface area contributed by atoms with Gasteiger partial charge in [-0.25, -0.2) is 13.2 Å². The Bertz CT molecular complexity index is 554. The van der Waals surface area contributed by atoms with Crippen molar-refractivity contribution in [1.82, 2.24) is 9.80 Å². The van der Waals surface area contributed by atoms with Crippen LogP contribution in [0.2, 0.25) is 0 Å². The molecule has 0 N–H and O–H groups in total. The standard InChI is InChI=1S/C14H15F3N2O2/c1-9(20)18-3-2-4-19(6-5-18)14(21)10-7-11(15)13(17)12(16)8-10/h7-8H,2-6H2,1H3. The van der Waals surface area contributed by atoms with Gasteiger partial charge < -0.3 is 9.80 Å². The lowest BCUT2D eigenvalue weighted by Crippen LogP contribution is -2.36. The molecule has 1 aromatic carbocycles. The van der Waals surface area contributed by atoms with Gasteiger partial charge >= 0.3 is 0 Å². The van der Waals surface area contributed by atoms with Crippen molar-refractivity contribution in [3.8, 4) is 0 Å². The molecule has 0 bridgehead atoms. The molecule has 114 valence electrons. The van der Waals surface area contributed by atoms with Crippen molar-refractivity contribution < 1.29 is 22.8 Å². The van der Waals surface area contributed by atoms with Crippen LogP contribution in [0.3, 0.4) is 0 Å². The first-order chi connectivity index (χ1) is 9.90. The monoisotopic (exact) mass is 300 g/mol. The molecule has 7 heteroatoms. The third kappa shape index (κ3) is 3.34. The van der Waals surface area contributed by atoms with E-state index in [4.69, 9.17) is 0 Å². The zero-order chi connectivity index (χ0) is 15.6. The fourth-order valence-corrected chi connectivity index (χ4v) is 2.30. The maximum atomic E-state index is 13.2. The van der Waals surface area contributed by atoms with Gasteiger partial charge in [0.25, 0.3) is 5.91 Å². The van der Waals surface area contributed by atoms with Crippen molar-refractivity contribution in [1.29, 1.82) is 0 Å². The molecule has 1 aromatic rings. The highest BCUT2D eigenvalue weighted by Gasteiger charge is 2.23. The average molecular weight is 300 g/mol. The van der Waals surface area contributed by atoms with Crippen molar-refractivity contribution in [3.63, 3.8) is 0 Å². The van der Waals surface area contributed by atoms with Crippen LogP contribution in [0.25, 0.3) is 0 Å². The molecule has 2 rings (SSSR count). The van der Waals surface area contributed by atoms with Gasteiger partial charge in [-0.15, -0.1) is 0 Å². The Morgan fingerprint density at radius 3 is 2.05 bits per heavy atom. The van der Waals surface area contributed by atoms with Gasteiger partial charge in [0.15, 0.2) is 17.5 Å². The van der Waals surface area contributed by atoms with Gasteiger partial charge in [0.1, 0.15) is 0 Å². The maximum absolute atomic E-state index is 13.2. The smallest absolute Gasteiger partial charge is 0.254 e. The Kier molecular flexibility index (Phi) is 4.50. The summed E-state index contributed by atoms with van der Waals surface area (Å²) in [7, 11) is 0. The molecule has 1 aliphatic rings. The Hall–Kier alpha value is -2.05. The van der Waals surface area contributed by atoms with E-state index in [2.05, 4.69) is 0 Å². The van der Waals surface area contributed by atoms with Gasteiger partial charge in [-0.1, -0.05) is 0 Å². The molecule has 21 heavy (non-hydrogen) atoms. The van der Waals surface area contributed by atoms with Crippen LogP contribution in [0.15, 0.2) is 12.1 Å². The third-order valence-corrected chi connectivity index (χ3v) is 3.46. The lowest BCUT2D eigenvalue weighted by molar-refractivity contribution is -0.128. The zero-order valence-corrected chi connectivity index (χ0v) is 11.5. The summed E-state index contributed by atoms with van der Waals surface area (Å²) in [6.07, 6.45) is 0.581. The number of rotatable bonds is 1. The minimum atomic E-state index is -1.59. The number of carbonyl (C=O) groups is 2. The number of benzene rings is 1. The van der Waals surface area contributed by atoms with E-state index >= 15 is 0 Å². The van der Waals surface area contributed by atoms with Crippen LogP contribution in [0.4, 0.5) is 13.2 Å². The number of halogens is 3. The summed E-state index contributed by atoms with van der Waals surface area (Å²) in [6, 6.07) is 1.38. The van der Waals surface area contributed by atoms with Gasteiger partial charge in [-0.3, -0.25) is 9.59 Å². The molecule has 4 nitrogen and oxygen atoms in total. The number of hydrogen-bond acceptors (Lipinski definition) is 2. The van der Waals surface area contributed by atoms with E-state index in [1.54, 1.807) is 4.90 Å². The molecule has 0 atom stereocenters. The average Bonchev–Trinajstić information content (AvgIpc) is 2.69. The number of carbonyl (C=O) groups excluding carboxylic acids is 2. The second-order valence-electron chi connectivity index (χ2n) is 4.91. The molecule has 0 aromatic heterocycles. The van der Waals surface area contributed by atoms with Crippen molar-refractivity contribution >= 4 is 11.8 Å². The molecule has 1 saturated heterocycles. The molecule has 1 fully saturated rings. The van der Waals surface area contributed by atoms with E-state index < -0.39 is 23.4 Å². The van der Waals surface area contributed by atoms with Crippen LogP contribution < -0.4 is 0 Å². The van der Waals surface area contributed by atoms with E-state index in [1.165, 1.54) is 11.8 Å². The summed E-state index contributed by atoms with van der Waals surface area (Å²) in [5, 5.41) is 0. The summed E-state index contributed by atoms with van der Waals surface area (Å²) in [4.78, 5) is 26.5.